The maximum Gasteiger partial charge on any atom is 0.335 e. The Labute approximate surface area is 259 Å². The van der Waals surface area contributed by atoms with Crippen LogP contribution in [0, 0.1) is 6.92 Å². The molecular weight excluding hydrogens is 557 g/mol. The highest BCUT2D eigenvalue weighted by atomic mass is 28.3. The number of aryl methyl sites for hydroxylation is 1. The monoisotopic (exact) mass is 591 g/mol. The second kappa shape index (κ2) is 9.90. The minimum Gasteiger partial charge on any atom is -0.478 e. The van der Waals surface area contributed by atoms with Crippen LogP contribution in [0.4, 0.5) is 17.1 Å². The third-order valence-electron chi connectivity index (χ3n) is 10.0. The highest BCUT2D eigenvalue weighted by molar-refractivity contribution is 6.98. The Balaban J connectivity index is 1.37. The number of rotatable bonds is 3. The molecule has 5 heteroatoms. The fraction of sp³-hybridized carbons (Fsp3) is 0.179. The number of anilines is 2. The molecule has 4 nitrogen and oxygen atoms in total. The van der Waals surface area contributed by atoms with Crippen molar-refractivity contribution in [2.24, 2.45) is 0 Å². The van der Waals surface area contributed by atoms with E-state index in [1.807, 2.05) is 12.1 Å². The minimum atomic E-state index is -2.20. The van der Waals surface area contributed by atoms with E-state index in [4.69, 9.17) is 0 Å². The Morgan fingerprint density at radius 1 is 0.864 bits per heavy atom. The average Bonchev–Trinajstić information content (AvgIpc) is 3.67. The van der Waals surface area contributed by atoms with Crippen LogP contribution < -0.4 is 10.1 Å². The van der Waals surface area contributed by atoms with Gasteiger partial charge in [-0.2, -0.15) is 4.58 Å². The number of carbonyl (C=O) groups is 1. The molecule has 0 saturated heterocycles. The molecule has 0 bridgehead atoms. The molecule has 0 radical (unpaired) electrons. The van der Waals surface area contributed by atoms with Gasteiger partial charge in [-0.1, -0.05) is 61.6 Å². The molecule has 0 saturated carbocycles. The van der Waals surface area contributed by atoms with Crippen LogP contribution in [0.3, 0.4) is 0 Å². The Kier molecular flexibility index (Phi) is 6.04. The highest BCUT2D eigenvalue weighted by Crippen LogP contribution is 2.44. The van der Waals surface area contributed by atoms with Crippen LogP contribution >= 0.6 is 0 Å². The zero-order chi connectivity index (χ0) is 30.2. The smallest absolute Gasteiger partial charge is 0.335 e. The summed E-state index contributed by atoms with van der Waals surface area (Å²) in [6.07, 6.45) is 9.12. The van der Waals surface area contributed by atoms with Gasteiger partial charge in [-0.25, -0.2) is 4.79 Å². The van der Waals surface area contributed by atoms with E-state index in [0.29, 0.717) is 5.56 Å². The van der Waals surface area contributed by atoms with E-state index in [1.54, 1.807) is 6.07 Å². The number of carboxylic acid groups (broad SMARTS) is 1. The lowest BCUT2D eigenvalue weighted by atomic mass is 9.86. The Bertz CT molecular complexity index is 2040. The van der Waals surface area contributed by atoms with Gasteiger partial charge in [-0.3, -0.25) is 0 Å². The molecule has 1 N–H and O–H groups in total. The summed E-state index contributed by atoms with van der Waals surface area (Å²) in [4.78, 5) is 14.6. The summed E-state index contributed by atoms with van der Waals surface area (Å²) < 4.78 is 2.46. The van der Waals surface area contributed by atoms with Gasteiger partial charge in [0.2, 0.25) is 11.4 Å². The van der Waals surface area contributed by atoms with Gasteiger partial charge < -0.3 is 10.0 Å². The molecule has 0 amide bonds. The van der Waals surface area contributed by atoms with Gasteiger partial charge in [0.05, 0.1) is 5.56 Å². The van der Waals surface area contributed by atoms with Gasteiger partial charge in [0.1, 0.15) is 8.07 Å². The number of fused-ring (bicyclic) bond motifs is 4. The molecule has 3 heterocycles. The summed E-state index contributed by atoms with van der Waals surface area (Å²) in [7, 11) is -2.20. The molecule has 4 aromatic carbocycles. The lowest BCUT2D eigenvalue weighted by molar-refractivity contribution is -0.427. The van der Waals surface area contributed by atoms with Crippen molar-refractivity contribution in [3.63, 3.8) is 0 Å². The quantitative estimate of drug-likeness (QED) is 0.198. The van der Waals surface area contributed by atoms with Gasteiger partial charge in [-0.15, -0.1) is 0 Å². The minimum absolute atomic E-state index is 0.318. The molecule has 44 heavy (non-hydrogen) atoms. The maximum absolute atomic E-state index is 12.1. The Morgan fingerprint density at radius 3 is 2.50 bits per heavy atom. The van der Waals surface area contributed by atoms with Crippen LogP contribution in [-0.2, 0) is 12.8 Å². The molecule has 0 unspecified atom stereocenters. The zero-order valence-corrected chi connectivity index (χ0v) is 26.4. The molecule has 4 aromatic rings. The van der Waals surface area contributed by atoms with Crippen LogP contribution in [0.5, 0.6) is 0 Å². The average molecular weight is 592 g/mol. The third kappa shape index (κ3) is 4.03. The maximum atomic E-state index is 12.1. The molecular formula is C39H35N2O2Si+. The van der Waals surface area contributed by atoms with Crippen molar-refractivity contribution in [3.8, 4) is 0 Å². The molecule has 0 fully saturated rings. The first-order valence-electron chi connectivity index (χ1n) is 15.5. The van der Waals surface area contributed by atoms with E-state index >= 15 is 0 Å². The number of carboxylic acids is 1. The van der Waals surface area contributed by atoms with E-state index in [-0.39, 0.29) is 0 Å². The summed E-state index contributed by atoms with van der Waals surface area (Å²) >= 11 is 0. The van der Waals surface area contributed by atoms with Crippen LogP contribution in [0.2, 0.25) is 13.1 Å². The zero-order valence-electron chi connectivity index (χ0n) is 25.4. The topological polar surface area (TPSA) is 43.5 Å². The van der Waals surface area contributed by atoms with Crippen molar-refractivity contribution in [2.75, 3.05) is 18.0 Å². The van der Waals surface area contributed by atoms with Gasteiger partial charge in [0.25, 0.3) is 0 Å². The number of hydrogen-bond donors (Lipinski definition) is 1. The Morgan fingerprint density at radius 2 is 1.66 bits per heavy atom. The molecule has 0 atom stereocenters. The van der Waals surface area contributed by atoms with Crippen LogP contribution in [0.25, 0.3) is 5.57 Å². The van der Waals surface area contributed by atoms with Crippen LogP contribution in [-0.4, -0.2) is 42.5 Å². The fourth-order valence-corrected chi connectivity index (χ4v) is 10.8. The van der Waals surface area contributed by atoms with Crippen molar-refractivity contribution < 1.29 is 14.5 Å². The van der Waals surface area contributed by atoms with E-state index in [2.05, 4.69) is 114 Å². The molecule has 8 rings (SSSR count). The molecule has 0 spiro atoms. The first-order valence-corrected chi connectivity index (χ1v) is 18.5. The molecule has 216 valence electrons. The number of aromatic carboxylic acids is 1. The van der Waals surface area contributed by atoms with Crippen molar-refractivity contribution in [3.05, 3.63) is 147 Å². The second-order valence-corrected chi connectivity index (χ2v) is 17.2. The molecule has 3 aliphatic heterocycles. The SMILES string of the molecule is Cc1ccc(C(=O)O)cc1C1=C2C=C/C(=[N+]3/CCc4ccccc43)C=C2[Si](C)(C)c2cc(N3CCc4ccccc43)ccc21. The number of nitrogens with zero attached hydrogens (tertiary/aromatic N) is 2. The van der Waals surface area contributed by atoms with E-state index in [0.717, 1.165) is 42.6 Å². The van der Waals surface area contributed by atoms with Gasteiger partial charge in [0.15, 0.2) is 6.54 Å². The summed E-state index contributed by atoms with van der Waals surface area (Å²) in [6, 6.07) is 30.0. The lowest BCUT2D eigenvalue weighted by Gasteiger charge is -2.38. The van der Waals surface area contributed by atoms with Crippen LogP contribution in [0.1, 0.15) is 38.2 Å². The number of benzene rings is 4. The lowest BCUT2D eigenvalue weighted by Crippen LogP contribution is -2.49. The predicted octanol–water partition coefficient (Wildman–Crippen LogP) is 7.50. The molecule has 1 aliphatic carbocycles. The summed E-state index contributed by atoms with van der Waals surface area (Å²) in [5.74, 6) is -0.899. The van der Waals surface area contributed by atoms with Crippen molar-refractivity contribution >= 4 is 47.6 Å². The normalized spacial score (nSPS) is 19.3. The standard InChI is InChI=1S/C39H34N2O2Si/c1-25-12-13-28(39(42)43)22-33(25)38-31-16-14-29(40-20-18-26-8-4-6-10-34(26)40)23-36(31)44(2,3)37-24-30(15-17-32(37)38)41-21-19-27-9-5-7-11-35(27)41/h4-17,22-24H,18-21H2,1-3H3/p+1. The summed E-state index contributed by atoms with van der Waals surface area (Å²) in [6.45, 7) is 9.00. The summed E-state index contributed by atoms with van der Waals surface area (Å²) in [5, 5.41) is 12.7. The van der Waals surface area contributed by atoms with Gasteiger partial charge in [0, 0.05) is 48.1 Å². The number of para-hydroxylation sites is 2. The van der Waals surface area contributed by atoms with Gasteiger partial charge in [-0.05, 0) is 93.5 Å². The highest BCUT2D eigenvalue weighted by Gasteiger charge is 2.41. The van der Waals surface area contributed by atoms with Gasteiger partial charge >= 0.3 is 5.97 Å². The van der Waals surface area contributed by atoms with E-state index in [9.17, 15) is 9.90 Å². The largest absolute Gasteiger partial charge is 0.478 e. The fourth-order valence-electron chi connectivity index (χ4n) is 7.69. The van der Waals surface area contributed by atoms with E-state index in [1.165, 1.54) is 55.4 Å². The predicted molar refractivity (Wildman–Crippen MR) is 182 cm³/mol. The van der Waals surface area contributed by atoms with Crippen molar-refractivity contribution in [1.29, 1.82) is 0 Å². The Hall–Kier alpha value is -4.74. The third-order valence-corrected chi connectivity index (χ3v) is 13.6. The first-order chi connectivity index (χ1) is 21.3. The van der Waals surface area contributed by atoms with Crippen molar-refractivity contribution in [1.82, 2.24) is 0 Å². The number of allylic oxidation sites excluding steroid dienone is 5. The van der Waals surface area contributed by atoms with Crippen LogP contribution in [0.15, 0.2) is 114 Å². The van der Waals surface area contributed by atoms with E-state index < -0.39 is 14.0 Å². The molecule has 4 aliphatic rings. The molecule has 0 aromatic heterocycles. The second-order valence-electron chi connectivity index (χ2n) is 12.9. The number of hydrogen-bond acceptors (Lipinski definition) is 2. The first kappa shape index (κ1) is 26.9. The van der Waals surface area contributed by atoms with Crippen molar-refractivity contribution in [2.45, 2.75) is 32.9 Å². The summed E-state index contributed by atoms with van der Waals surface area (Å²) in [5.41, 5.74) is 13.9.